The van der Waals surface area contributed by atoms with Crippen LogP contribution in [0.1, 0.15) is 27.2 Å². The monoisotopic (exact) mass is 302 g/mol. The molecule has 1 aromatic rings. The maximum absolute atomic E-state index is 12.4. The molecule has 0 fully saturated rings. The van der Waals surface area contributed by atoms with E-state index in [-0.39, 0.29) is 10.3 Å². The number of rotatable bonds is 7. The molecule has 0 aliphatic carbocycles. The van der Waals surface area contributed by atoms with Gasteiger partial charge in [-0.05, 0) is 25.4 Å². The molecule has 0 spiro atoms. The average Bonchev–Trinajstić information content (AvgIpc) is 2.76. The van der Waals surface area contributed by atoms with E-state index in [9.17, 15) is 8.42 Å². The van der Waals surface area contributed by atoms with Gasteiger partial charge in [-0.15, -0.1) is 0 Å². The van der Waals surface area contributed by atoms with Crippen LogP contribution in [0, 0.1) is 5.41 Å². The number of sulfonamides is 1. The van der Waals surface area contributed by atoms with E-state index in [4.69, 9.17) is 0 Å². The minimum atomic E-state index is -3.45. The quantitative estimate of drug-likeness (QED) is 0.768. The number of nitrogens with one attached hydrogen (secondary N) is 1. The summed E-state index contributed by atoms with van der Waals surface area (Å²) >= 11 is 0. The van der Waals surface area contributed by atoms with E-state index < -0.39 is 10.0 Å². The first-order valence-electron chi connectivity index (χ1n) is 6.80. The van der Waals surface area contributed by atoms with Crippen LogP contribution in [0.5, 0.6) is 0 Å². The zero-order chi connectivity index (χ0) is 15.4. The van der Waals surface area contributed by atoms with Gasteiger partial charge in [0.05, 0.1) is 6.20 Å². The van der Waals surface area contributed by atoms with Crippen LogP contribution in [0.15, 0.2) is 17.3 Å². The molecule has 1 heterocycles. The van der Waals surface area contributed by atoms with Gasteiger partial charge in [0.25, 0.3) is 0 Å². The van der Waals surface area contributed by atoms with E-state index >= 15 is 0 Å². The second kappa shape index (κ2) is 6.69. The fraction of sp³-hybridized carbons (Fsp3) is 0.769. The third-order valence-electron chi connectivity index (χ3n) is 2.83. The number of aryl methyl sites for hydroxylation is 1. The first-order chi connectivity index (χ1) is 9.16. The molecule has 0 unspecified atom stereocenters. The van der Waals surface area contributed by atoms with Gasteiger partial charge in [-0.1, -0.05) is 20.8 Å². The van der Waals surface area contributed by atoms with Crippen molar-refractivity contribution in [3.05, 3.63) is 12.4 Å². The molecular weight excluding hydrogens is 276 g/mol. The smallest absolute Gasteiger partial charge is 0.245 e. The molecule has 0 aliphatic heterocycles. The van der Waals surface area contributed by atoms with E-state index in [1.54, 1.807) is 17.9 Å². The molecule has 0 atom stereocenters. The Bertz CT molecular complexity index is 517. The Kier molecular flexibility index (Phi) is 5.73. The topological polar surface area (TPSA) is 67.2 Å². The van der Waals surface area contributed by atoms with Crippen molar-refractivity contribution in [2.45, 2.75) is 38.6 Å². The standard InChI is InChI=1S/C13H26N4O2S/c1-13(2,3)11-16(5)20(18,19)12-9-15-17(10-12)8-6-7-14-4/h9-10,14H,6-8,11H2,1-5H3. The van der Waals surface area contributed by atoms with Gasteiger partial charge in [0.15, 0.2) is 0 Å². The summed E-state index contributed by atoms with van der Waals surface area (Å²) in [5.41, 5.74) is -0.0788. The maximum atomic E-state index is 12.4. The van der Waals surface area contributed by atoms with Gasteiger partial charge in [0, 0.05) is 26.3 Å². The van der Waals surface area contributed by atoms with Crippen molar-refractivity contribution in [1.82, 2.24) is 19.4 Å². The fourth-order valence-electron chi connectivity index (χ4n) is 1.95. The van der Waals surface area contributed by atoms with E-state index in [2.05, 4.69) is 10.4 Å². The van der Waals surface area contributed by atoms with Crippen LogP contribution < -0.4 is 5.32 Å². The second-order valence-corrected chi connectivity index (χ2v) is 8.26. The van der Waals surface area contributed by atoms with Crippen LogP contribution in [0.25, 0.3) is 0 Å². The third kappa shape index (κ3) is 4.88. The van der Waals surface area contributed by atoms with E-state index in [1.165, 1.54) is 10.5 Å². The van der Waals surface area contributed by atoms with Crippen LogP contribution in [0.2, 0.25) is 0 Å². The Morgan fingerprint density at radius 3 is 2.60 bits per heavy atom. The fourth-order valence-corrected chi connectivity index (χ4v) is 3.30. The van der Waals surface area contributed by atoms with Crippen molar-refractivity contribution in [3.63, 3.8) is 0 Å². The summed E-state index contributed by atoms with van der Waals surface area (Å²) in [6, 6.07) is 0. The normalized spacial score (nSPS) is 13.1. The molecule has 0 radical (unpaired) electrons. The Hall–Kier alpha value is -0.920. The van der Waals surface area contributed by atoms with Gasteiger partial charge in [-0.25, -0.2) is 12.7 Å². The van der Waals surface area contributed by atoms with E-state index in [1.807, 2.05) is 27.8 Å². The van der Waals surface area contributed by atoms with E-state index in [0.29, 0.717) is 13.1 Å². The Morgan fingerprint density at radius 1 is 1.40 bits per heavy atom. The van der Waals surface area contributed by atoms with Crippen LogP contribution in [-0.4, -0.2) is 49.7 Å². The van der Waals surface area contributed by atoms with Crippen molar-refractivity contribution >= 4 is 10.0 Å². The van der Waals surface area contributed by atoms with Crippen LogP contribution in [0.4, 0.5) is 0 Å². The molecule has 1 rings (SSSR count). The zero-order valence-electron chi connectivity index (χ0n) is 13.0. The summed E-state index contributed by atoms with van der Waals surface area (Å²) in [7, 11) is 0.0518. The predicted octanol–water partition coefficient (Wildman–Crippen LogP) is 1.16. The lowest BCUT2D eigenvalue weighted by Gasteiger charge is -2.25. The summed E-state index contributed by atoms with van der Waals surface area (Å²) < 4.78 is 27.9. The number of hydrogen-bond donors (Lipinski definition) is 1. The van der Waals surface area contributed by atoms with E-state index in [0.717, 1.165) is 13.0 Å². The van der Waals surface area contributed by atoms with Gasteiger partial charge in [0.2, 0.25) is 10.0 Å². The molecule has 1 aromatic heterocycles. The molecule has 1 N–H and O–H groups in total. The first kappa shape index (κ1) is 17.1. The lowest BCUT2D eigenvalue weighted by Crippen LogP contribution is -2.34. The molecule has 20 heavy (non-hydrogen) atoms. The van der Waals surface area contributed by atoms with Crippen LogP contribution in [0.3, 0.4) is 0 Å². The molecule has 116 valence electrons. The minimum absolute atomic E-state index is 0.0788. The van der Waals surface area contributed by atoms with Gasteiger partial charge < -0.3 is 5.32 Å². The molecule has 0 aliphatic rings. The number of nitrogens with zero attached hydrogens (tertiary/aromatic N) is 3. The summed E-state index contributed by atoms with van der Waals surface area (Å²) in [4.78, 5) is 0.258. The molecule has 0 aromatic carbocycles. The van der Waals surface area contributed by atoms with Crippen molar-refractivity contribution < 1.29 is 8.42 Å². The van der Waals surface area contributed by atoms with Crippen molar-refractivity contribution in [3.8, 4) is 0 Å². The number of hydrogen-bond acceptors (Lipinski definition) is 4. The third-order valence-corrected chi connectivity index (χ3v) is 4.58. The van der Waals surface area contributed by atoms with Crippen LogP contribution >= 0.6 is 0 Å². The first-order valence-corrected chi connectivity index (χ1v) is 8.24. The number of aromatic nitrogens is 2. The summed E-state index contributed by atoms with van der Waals surface area (Å²) in [6.07, 6.45) is 3.94. The lowest BCUT2D eigenvalue weighted by molar-refractivity contribution is 0.311. The summed E-state index contributed by atoms with van der Waals surface area (Å²) in [5, 5.41) is 7.17. The molecule has 0 bridgehead atoms. The van der Waals surface area contributed by atoms with Gasteiger partial charge in [0.1, 0.15) is 4.90 Å². The largest absolute Gasteiger partial charge is 0.320 e. The molecule has 0 saturated heterocycles. The van der Waals surface area contributed by atoms with Crippen LogP contribution in [-0.2, 0) is 16.6 Å². The zero-order valence-corrected chi connectivity index (χ0v) is 13.9. The maximum Gasteiger partial charge on any atom is 0.245 e. The van der Waals surface area contributed by atoms with Crippen molar-refractivity contribution in [2.24, 2.45) is 5.41 Å². The van der Waals surface area contributed by atoms with Gasteiger partial charge in [-0.2, -0.15) is 5.10 Å². The Labute approximate surface area is 122 Å². The van der Waals surface area contributed by atoms with Crippen molar-refractivity contribution in [2.75, 3.05) is 27.2 Å². The van der Waals surface area contributed by atoms with Crippen molar-refractivity contribution in [1.29, 1.82) is 0 Å². The molecule has 7 heteroatoms. The Morgan fingerprint density at radius 2 is 2.05 bits per heavy atom. The minimum Gasteiger partial charge on any atom is -0.320 e. The molecule has 6 nitrogen and oxygen atoms in total. The average molecular weight is 302 g/mol. The lowest BCUT2D eigenvalue weighted by atomic mass is 9.97. The highest BCUT2D eigenvalue weighted by Gasteiger charge is 2.26. The SMILES string of the molecule is CNCCCn1cc(S(=O)(=O)N(C)CC(C)(C)C)cn1. The predicted molar refractivity (Wildman–Crippen MR) is 80.0 cm³/mol. The Balaban J connectivity index is 2.77. The highest BCUT2D eigenvalue weighted by molar-refractivity contribution is 7.89. The second-order valence-electron chi connectivity index (χ2n) is 6.22. The summed E-state index contributed by atoms with van der Waals surface area (Å²) in [6.45, 7) is 8.10. The summed E-state index contributed by atoms with van der Waals surface area (Å²) in [5.74, 6) is 0. The molecular formula is C13H26N4O2S. The molecule has 0 amide bonds. The highest BCUT2D eigenvalue weighted by atomic mass is 32.2. The molecule has 0 saturated carbocycles. The highest BCUT2D eigenvalue weighted by Crippen LogP contribution is 2.20. The van der Waals surface area contributed by atoms with Gasteiger partial charge >= 0.3 is 0 Å². The van der Waals surface area contributed by atoms with Gasteiger partial charge in [-0.3, -0.25) is 4.68 Å².